The molecule has 2 aromatic carbocycles. The van der Waals surface area contributed by atoms with E-state index in [0.717, 1.165) is 5.56 Å². The molecule has 0 aromatic heterocycles. The molecule has 0 aliphatic carbocycles. The first-order valence-corrected chi connectivity index (χ1v) is 9.64. The van der Waals surface area contributed by atoms with Crippen LogP contribution in [-0.2, 0) is 14.3 Å². The Hall–Kier alpha value is -3.12. The second-order valence-electron chi connectivity index (χ2n) is 6.68. The molecule has 1 heterocycles. The first-order valence-electron chi connectivity index (χ1n) is 9.64. The van der Waals surface area contributed by atoms with Crippen molar-refractivity contribution < 1.29 is 24.2 Å². The molecule has 29 heavy (non-hydrogen) atoms. The molecule has 1 aliphatic heterocycles. The average molecular weight is 395 g/mol. The standard InChI is InChI=1S/C23H25NO5/c1-3-29-15-7-14-24-20(16-8-5-4-6-9-16)19(22(26)23(24)27)21(25)17-10-12-18(28-2)13-11-17/h4-6,8-13,20,25H,3,7,14-15H2,1-2H3/t20-/m1/s1. The Labute approximate surface area is 170 Å². The Morgan fingerprint density at radius 3 is 2.38 bits per heavy atom. The van der Waals surface area contributed by atoms with Crippen LogP contribution in [0.5, 0.6) is 5.75 Å². The quantitative estimate of drug-likeness (QED) is 0.320. The number of hydrogen-bond acceptors (Lipinski definition) is 5. The maximum Gasteiger partial charge on any atom is 0.295 e. The number of carbonyl (C=O) groups excluding carboxylic acids is 2. The maximum absolute atomic E-state index is 12.9. The van der Waals surface area contributed by atoms with Gasteiger partial charge >= 0.3 is 0 Å². The Balaban J connectivity index is 2.02. The lowest BCUT2D eigenvalue weighted by molar-refractivity contribution is -0.140. The molecule has 1 saturated heterocycles. The summed E-state index contributed by atoms with van der Waals surface area (Å²) in [6.07, 6.45) is 0.604. The average Bonchev–Trinajstić information content (AvgIpc) is 3.01. The molecule has 0 spiro atoms. The van der Waals surface area contributed by atoms with Crippen molar-refractivity contribution in [1.82, 2.24) is 4.90 Å². The fourth-order valence-corrected chi connectivity index (χ4v) is 3.48. The second-order valence-corrected chi connectivity index (χ2v) is 6.68. The Morgan fingerprint density at radius 1 is 1.07 bits per heavy atom. The van der Waals surface area contributed by atoms with Crippen molar-refractivity contribution in [1.29, 1.82) is 0 Å². The Bertz CT molecular complexity index is 889. The topological polar surface area (TPSA) is 76.1 Å². The monoisotopic (exact) mass is 395 g/mol. The van der Waals surface area contributed by atoms with Gasteiger partial charge in [-0.05, 0) is 43.2 Å². The molecule has 1 atom stereocenters. The number of carbonyl (C=O) groups is 2. The van der Waals surface area contributed by atoms with Crippen molar-refractivity contribution in [3.05, 3.63) is 71.3 Å². The number of benzene rings is 2. The van der Waals surface area contributed by atoms with Crippen LogP contribution >= 0.6 is 0 Å². The van der Waals surface area contributed by atoms with Gasteiger partial charge in [0.2, 0.25) is 0 Å². The summed E-state index contributed by atoms with van der Waals surface area (Å²) in [5.74, 6) is -0.835. The summed E-state index contributed by atoms with van der Waals surface area (Å²) in [6.45, 7) is 3.37. The molecule has 1 N–H and O–H groups in total. The number of aliphatic hydroxyl groups is 1. The third-order valence-corrected chi connectivity index (χ3v) is 4.91. The zero-order valence-electron chi connectivity index (χ0n) is 16.6. The van der Waals surface area contributed by atoms with E-state index in [1.807, 2.05) is 37.3 Å². The number of aliphatic hydroxyl groups excluding tert-OH is 1. The van der Waals surface area contributed by atoms with Crippen LogP contribution in [0.2, 0.25) is 0 Å². The van der Waals surface area contributed by atoms with Crippen molar-refractivity contribution in [2.24, 2.45) is 0 Å². The van der Waals surface area contributed by atoms with E-state index in [9.17, 15) is 14.7 Å². The van der Waals surface area contributed by atoms with Gasteiger partial charge in [-0.3, -0.25) is 9.59 Å². The summed E-state index contributed by atoms with van der Waals surface area (Å²) in [7, 11) is 1.55. The molecule has 6 nitrogen and oxygen atoms in total. The van der Waals surface area contributed by atoms with Crippen molar-refractivity contribution in [2.45, 2.75) is 19.4 Å². The molecule has 0 saturated carbocycles. The molecule has 1 aliphatic rings. The van der Waals surface area contributed by atoms with Gasteiger partial charge in [0, 0.05) is 25.3 Å². The van der Waals surface area contributed by atoms with Crippen LogP contribution in [0.4, 0.5) is 0 Å². The Kier molecular flexibility index (Phi) is 6.67. The highest BCUT2D eigenvalue weighted by Crippen LogP contribution is 2.39. The van der Waals surface area contributed by atoms with E-state index in [0.29, 0.717) is 37.5 Å². The number of likely N-dealkylation sites (tertiary alicyclic amines) is 1. The SMILES string of the molecule is CCOCCCN1C(=O)C(=O)C(=C(O)c2ccc(OC)cc2)[C@H]1c1ccccc1. The molecular formula is C23H25NO5. The summed E-state index contributed by atoms with van der Waals surface area (Å²) >= 11 is 0. The van der Waals surface area contributed by atoms with Crippen molar-refractivity contribution in [3.8, 4) is 5.75 Å². The third-order valence-electron chi connectivity index (χ3n) is 4.91. The van der Waals surface area contributed by atoms with Crippen LogP contribution in [0.25, 0.3) is 5.76 Å². The van der Waals surface area contributed by atoms with Crippen LogP contribution in [0.15, 0.2) is 60.2 Å². The molecule has 3 rings (SSSR count). The molecular weight excluding hydrogens is 370 g/mol. The first-order chi connectivity index (χ1) is 14.1. The molecule has 152 valence electrons. The highest BCUT2D eigenvalue weighted by atomic mass is 16.5. The predicted octanol–water partition coefficient (Wildman–Crippen LogP) is 3.54. The number of nitrogens with zero attached hydrogens (tertiary/aromatic N) is 1. The summed E-state index contributed by atoms with van der Waals surface area (Å²) in [5, 5.41) is 10.9. The summed E-state index contributed by atoms with van der Waals surface area (Å²) < 4.78 is 10.5. The van der Waals surface area contributed by atoms with Gasteiger partial charge in [-0.25, -0.2) is 0 Å². The molecule has 2 aromatic rings. The van der Waals surface area contributed by atoms with E-state index in [2.05, 4.69) is 0 Å². The second kappa shape index (κ2) is 9.39. The normalized spacial score (nSPS) is 18.3. The van der Waals surface area contributed by atoms with E-state index in [-0.39, 0.29) is 11.3 Å². The summed E-state index contributed by atoms with van der Waals surface area (Å²) in [6, 6.07) is 15.4. The lowest BCUT2D eigenvalue weighted by Gasteiger charge is -2.25. The van der Waals surface area contributed by atoms with Crippen LogP contribution in [0, 0.1) is 0 Å². The van der Waals surface area contributed by atoms with Crippen LogP contribution in [0.1, 0.15) is 30.5 Å². The largest absolute Gasteiger partial charge is 0.507 e. The minimum Gasteiger partial charge on any atom is -0.507 e. The number of rotatable bonds is 8. The van der Waals surface area contributed by atoms with Gasteiger partial charge in [-0.1, -0.05) is 30.3 Å². The lowest BCUT2D eigenvalue weighted by Crippen LogP contribution is -2.31. The fraction of sp³-hybridized carbons (Fsp3) is 0.304. The van der Waals surface area contributed by atoms with E-state index >= 15 is 0 Å². The highest BCUT2D eigenvalue weighted by molar-refractivity contribution is 6.46. The van der Waals surface area contributed by atoms with Crippen molar-refractivity contribution >= 4 is 17.4 Å². The molecule has 0 bridgehead atoms. The zero-order chi connectivity index (χ0) is 20.8. The predicted molar refractivity (Wildman–Crippen MR) is 110 cm³/mol. The number of methoxy groups -OCH3 is 1. The molecule has 0 radical (unpaired) electrons. The number of Topliss-reactive ketones (excluding diaryl/α,β-unsaturated/α-hetero) is 1. The molecule has 1 fully saturated rings. The van der Waals surface area contributed by atoms with Gasteiger partial charge in [-0.15, -0.1) is 0 Å². The first kappa shape index (κ1) is 20.6. The molecule has 6 heteroatoms. The highest BCUT2D eigenvalue weighted by Gasteiger charge is 2.45. The number of amides is 1. The third kappa shape index (κ3) is 4.32. The van der Waals surface area contributed by atoms with E-state index in [1.54, 1.807) is 31.4 Å². The van der Waals surface area contributed by atoms with E-state index in [4.69, 9.17) is 9.47 Å². The van der Waals surface area contributed by atoms with Gasteiger partial charge in [-0.2, -0.15) is 0 Å². The minimum atomic E-state index is -0.677. The van der Waals surface area contributed by atoms with Gasteiger partial charge < -0.3 is 19.5 Å². The fourth-order valence-electron chi connectivity index (χ4n) is 3.48. The minimum absolute atomic E-state index is 0.0998. The van der Waals surface area contributed by atoms with Crippen LogP contribution in [-0.4, -0.2) is 48.6 Å². The molecule has 1 amide bonds. The maximum atomic E-state index is 12.9. The number of hydrogen-bond donors (Lipinski definition) is 1. The van der Waals surface area contributed by atoms with Crippen LogP contribution in [0.3, 0.4) is 0 Å². The molecule has 0 unspecified atom stereocenters. The van der Waals surface area contributed by atoms with E-state index in [1.165, 1.54) is 4.90 Å². The van der Waals surface area contributed by atoms with Crippen molar-refractivity contribution in [2.75, 3.05) is 26.9 Å². The van der Waals surface area contributed by atoms with Crippen molar-refractivity contribution in [3.63, 3.8) is 0 Å². The lowest BCUT2D eigenvalue weighted by atomic mass is 9.95. The van der Waals surface area contributed by atoms with Crippen LogP contribution < -0.4 is 4.74 Å². The van der Waals surface area contributed by atoms with Gasteiger partial charge in [0.05, 0.1) is 18.7 Å². The van der Waals surface area contributed by atoms with E-state index < -0.39 is 17.7 Å². The number of ether oxygens (including phenoxy) is 2. The Morgan fingerprint density at radius 2 is 1.76 bits per heavy atom. The van der Waals surface area contributed by atoms with Gasteiger partial charge in [0.25, 0.3) is 11.7 Å². The number of ketones is 1. The summed E-state index contributed by atoms with van der Waals surface area (Å²) in [5.41, 5.74) is 1.33. The zero-order valence-corrected chi connectivity index (χ0v) is 16.6. The smallest absolute Gasteiger partial charge is 0.295 e. The van der Waals surface area contributed by atoms with Gasteiger partial charge in [0.1, 0.15) is 11.5 Å². The summed E-state index contributed by atoms with van der Waals surface area (Å²) in [4.78, 5) is 27.2. The van der Waals surface area contributed by atoms with Gasteiger partial charge in [0.15, 0.2) is 0 Å².